The molecule has 2 aromatic heterocycles. The molecule has 0 bridgehead atoms. The number of nitrogens with one attached hydrogen (secondary N) is 1. The van der Waals surface area contributed by atoms with Gasteiger partial charge in [0.25, 0.3) is 5.91 Å². The highest BCUT2D eigenvalue weighted by Crippen LogP contribution is 2.25. The molecule has 0 radical (unpaired) electrons. The summed E-state index contributed by atoms with van der Waals surface area (Å²) in [5.74, 6) is 0.915. The molecule has 3 rings (SSSR count). The molecule has 1 N–H and O–H groups in total. The number of nitrogens with zero attached hydrogens (tertiary/aromatic N) is 4. The summed E-state index contributed by atoms with van der Waals surface area (Å²) in [5.41, 5.74) is 1.48. The van der Waals surface area contributed by atoms with Crippen molar-refractivity contribution >= 4 is 22.8 Å². The summed E-state index contributed by atoms with van der Waals surface area (Å²) in [6.45, 7) is 7.07. The van der Waals surface area contributed by atoms with Gasteiger partial charge in [-0.15, -0.1) is 5.10 Å². The minimum Gasteiger partial charge on any atom is -0.464 e. The maximum Gasteiger partial charge on any atom is 0.250 e. The molecule has 3 aromatic rings. The van der Waals surface area contributed by atoms with E-state index in [1.54, 1.807) is 28.8 Å². The second kappa shape index (κ2) is 10.9. The maximum absolute atomic E-state index is 13.5. The summed E-state index contributed by atoms with van der Waals surface area (Å²) in [5, 5.41) is 11.1. The van der Waals surface area contributed by atoms with E-state index in [0.29, 0.717) is 42.7 Å². The van der Waals surface area contributed by atoms with Crippen molar-refractivity contribution in [3.05, 3.63) is 47.9 Å². The van der Waals surface area contributed by atoms with Crippen LogP contribution >= 0.6 is 0 Å². The van der Waals surface area contributed by atoms with Gasteiger partial charge in [-0.1, -0.05) is 31.2 Å². The zero-order valence-electron chi connectivity index (χ0n) is 19.1. The lowest BCUT2D eigenvalue weighted by Crippen LogP contribution is -2.46. The molecular weight excluding hydrogens is 410 g/mol. The first-order chi connectivity index (χ1) is 15.4. The molecule has 172 valence electrons. The Kier molecular flexibility index (Phi) is 7.99. The second-order valence-electron chi connectivity index (χ2n) is 8.14. The quantitative estimate of drug-likeness (QED) is 0.459. The third kappa shape index (κ3) is 5.73. The third-order valence-corrected chi connectivity index (χ3v) is 5.17. The summed E-state index contributed by atoms with van der Waals surface area (Å²) in [6.07, 6.45) is 0.741. The standard InChI is InChI=1S/C23H31N5O4/c1-16(2)11-13-27(21(29)15-28-19-8-6-5-7-18(19)25-26-28)22(20-10-9-17(3)32-20)23(30)24-12-14-31-4/h5-10,16,22H,11-15H2,1-4H3,(H,24,30)/t22-/m1/s1. The number of aryl methyl sites for hydroxylation is 1. The largest absolute Gasteiger partial charge is 0.464 e. The van der Waals surface area contributed by atoms with Gasteiger partial charge >= 0.3 is 0 Å². The van der Waals surface area contributed by atoms with Crippen molar-refractivity contribution in [2.24, 2.45) is 5.92 Å². The average molecular weight is 442 g/mol. The van der Waals surface area contributed by atoms with Crippen molar-refractivity contribution < 1.29 is 18.7 Å². The Labute approximate surface area is 187 Å². The highest BCUT2D eigenvalue weighted by Gasteiger charge is 2.34. The number of para-hydroxylation sites is 1. The lowest BCUT2D eigenvalue weighted by molar-refractivity contribution is -0.142. The maximum atomic E-state index is 13.5. The Bertz CT molecular complexity index is 1040. The van der Waals surface area contributed by atoms with Gasteiger partial charge in [-0.05, 0) is 43.5 Å². The Morgan fingerprint density at radius 3 is 2.69 bits per heavy atom. The number of benzene rings is 1. The van der Waals surface area contributed by atoms with Crippen LogP contribution in [0.1, 0.15) is 37.8 Å². The lowest BCUT2D eigenvalue weighted by atomic mass is 10.1. The van der Waals surface area contributed by atoms with Crippen LogP contribution in [0.5, 0.6) is 0 Å². The number of amides is 2. The average Bonchev–Trinajstić information content (AvgIpc) is 3.37. The molecule has 9 nitrogen and oxygen atoms in total. The molecule has 0 unspecified atom stereocenters. The van der Waals surface area contributed by atoms with Crippen LogP contribution in [0.2, 0.25) is 0 Å². The molecule has 2 amide bonds. The number of furan rings is 1. The van der Waals surface area contributed by atoms with Crippen molar-refractivity contribution in [1.29, 1.82) is 0 Å². The first-order valence-corrected chi connectivity index (χ1v) is 10.8. The minimum atomic E-state index is -0.887. The van der Waals surface area contributed by atoms with E-state index in [2.05, 4.69) is 29.5 Å². The van der Waals surface area contributed by atoms with Crippen LogP contribution in [0.15, 0.2) is 40.8 Å². The SMILES string of the molecule is COCCNC(=O)[C@@H](c1ccc(C)o1)N(CCC(C)C)C(=O)Cn1nnc2ccccc21. The van der Waals surface area contributed by atoms with Gasteiger partial charge < -0.3 is 19.4 Å². The van der Waals surface area contributed by atoms with E-state index in [-0.39, 0.29) is 18.4 Å². The van der Waals surface area contributed by atoms with E-state index in [1.165, 1.54) is 0 Å². The van der Waals surface area contributed by atoms with E-state index < -0.39 is 6.04 Å². The number of hydrogen-bond donors (Lipinski definition) is 1. The normalized spacial score (nSPS) is 12.3. The molecule has 1 atom stereocenters. The number of ether oxygens (including phenoxy) is 1. The summed E-state index contributed by atoms with van der Waals surface area (Å²) in [7, 11) is 1.57. The number of methoxy groups -OCH3 is 1. The molecular formula is C23H31N5O4. The summed E-state index contributed by atoms with van der Waals surface area (Å²) in [4.78, 5) is 28.3. The Morgan fingerprint density at radius 2 is 2.00 bits per heavy atom. The zero-order valence-corrected chi connectivity index (χ0v) is 19.1. The number of carbonyl (C=O) groups excluding carboxylic acids is 2. The van der Waals surface area contributed by atoms with Crippen LogP contribution in [-0.2, 0) is 20.9 Å². The predicted molar refractivity (Wildman–Crippen MR) is 120 cm³/mol. The van der Waals surface area contributed by atoms with Gasteiger partial charge in [0.05, 0.1) is 12.1 Å². The fourth-order valence-corrected chi connectivity index (χ4v) is 3.45. The van der Waals surface area contributed by atoms with E-state index in [4.69, 9.17) is 9.15 Å². The van der Waals surface area contributed by atoms with Gasteiger partial charge in [-0.25, -0.2) is 4.68 Å². The van der Waals surface area contributed by atoms with E-state index in [0.717, 1.165) is 11.9 Å². The molecule has 0 aliphatic carbocycles. The van der Waals surface area contributed by atoms with Gasteiger partial charge in [-0.3, -0.25) is 9.59 Å². The van der Waals surface area contributed by atoms with Crippen LogP contribution in [0.25, 0.3) is 11.0 Å². The summed E-state index contributed by atoms with van der Waals surface area (Å²) in [6, 6.07) is 10.1. The Hall–Kier alpha value is -3.20. The number of rotatable bonds is 11. The molecule has 0 saturated heterocycles. The van der Waals surface area contributed by atoms with Gasteiger partial charge in [0.1, 0.15) is 23.6 Å². The molecule has 9 heteroatoms. The van der Waals surface area contributed by atoms with Crippen LogP contribution in [0, 0.1) is 12.8 Å². The second-order valence-corrected chi connectivity index (χ2v) is 8.14. The highest BCUT2D eigenvalue weighted by molar-refractivity contribution is 5.88. The molecule has 0 spiro atoms. The fraction of sp³-hybridized carbons (Fsp3) is 0.478. The zero-order chi connectivity index (χ0) is 23.1. The third-order valence-electron chi connectivity index (χ3n) is 5.17. The fourth-order valence-electron chi connectivity index (χ4n) is 3.45. The molecule has 0 fully saturated rings. The van der Waals surface area contributed by atoms with E-state index in [1.807, 2.05) is 31.2 Å². The summed E-state index contributed by atoms with van der Waals surface area (Å²) >= 11 is 0. The first-order valence-electron chi connectivity index (χ1n) is 10.8. The van der Waals surface area contributed by atoms with Gasteiger partial charge in [0, 0.05) is 20.2 Å². The number of fused-ring (bicyclic) bond motifs is 1. The van der Waals surface area contributed by atoms with Crippen LogP contribution in [0.3, 0.4) is 0 Å². The van der Waals surface area contributed by atoms with Crippen LogP contribution in [-0.4, -0.2) is 58.5 Å². The van der Waals surface area contributed by atoms with Gasteiger partial charge in [0.15, 0.2) is 6.04 Å². The van der Waals surface area contributed by atoms with Gasteiger partial charge in [0.2, 0.25) is 5.91 Å². The minimum absolute atomic E-state index is 0.0276. The van der Waals surface area contributed by atoms with E-state index in [9.17, 15) is 9.59 Å². The molecule has 0 aliphatic heterocycles. The van der Waals surface area contributed by atoms with Crippen molar-refractivity contribution in [3.63, 3.8) is 0 Å². The molecule has 2 heterocycles. The highest BCUT2D eigenvalue weighted by atomic mass is 16.5. The van der Waals surface area contributed by atoms with Gasteiger partial charge in [-0.2, -0.15) is 0 Å². The Morgan fingerprint density at radius 1 is 1.22 bits per heavy atom. The topological polar surface area (TPSA) is 102 Å². The molecule has 1 aromatic carbocycles. The van der Waals surface area contributed by atoms with Crippen molar-refractivity contribution in [2.45, 2.75) is 39.8 Å². The molecule has 0 aliphatic rings. The molecule has 0 saturated carbocycles. The first kappa shape index (κ1) is 23.5. The monoisotopic (exact) mass is 441 g/mol. The van der Waals surface area contributed by atoms with E-state index >= 15 is 0 Å². The predicted octanol–water partition coefficient (Wildman–Crippen LogP) is 2.71. The Balaban J connectivity index is 1.91. The van der Waals surface area contributed by atoms with Crippen LogP contribution in [0.4, 0.5) is 0 Å². The number of carbonyl (C=O) groups is 2. The smallest absolute Gasteiger partial charge is 0.250 e. The number of hydrogen-bond acceptors (Lipinski definition) is 6. The summed E-state index contributed by atoms with van der Waals surface area (Å²) < 4.78 is 12.4. The number of aromatic nitrogens is 3. The van der Waals surface area contributed by atoms with Crippen molar-refractivity contribution in [1.82, 2.24) is 25.2 Å². The molecule has 32 heavy (non-hydrogen) atoms. The lowest BCUT2D eigenvalue weighted by Gasteiger charge is -2.30. The van der Waals surface area contributed by atoms with Crippen LogP contribution < -0.4 is 5.32 Å². The van der Waals surface area contributed by atoms with Crippen molar-refractivity contribution in [2.75, 3.05) is 26.8 Å². The van der Waals surface area contributed by atoms with Crippen molar-refractivity contribution in [3.8, 4) is 0 Å².